The number of carbonyl (C=O) groups is 1. The summed E-state index contributed by atoms with van der Waals surface area (Å²) < 4.78 is 17.6. The first-order valence-electron chi connectivity index (χ1n) is 11.1. The number of methoxy groups -OCH3 is 2. The molecule has 1 aliphatic heterocycles. The van der Waals surface area contributed by atoms with Crippen LogP contribution in [0.2, 0.25) is 0 Å². The number of nitro groups is 1. The number of carbonyl (C=O) groups excluding carboxylic acids is 1. The molecule has 12 heteroatoms. The van der Waals surface area contributed by atoms with Crippen molar-refractivity contribution < 1.29 is 29.0 Å². The summed E-state index contributed by atoms with van der Waals surface area (Å²) in [5.74, 6) is -0.299. The Kier molecular flexibility index (Phi) is 7.11. The Hall–Kier alpha value is -4.45. The summed E-state index contributed by atoms with van der Waals surface area (Å²) in [6, 6.07) is 8.20. The van der Waals surface area contributed by atoms with E-state index in [1.165, 1.54) is 43.1 Å². The van der Waals surface area contributed by atoms with Crippen LogP contribution < -0.4 is 24.4 Å². The molecule has 2 aromatic carbocycles. The predicted molar refractivity (Wildman–Crippen MR) is 135 cm³/mol. The molecule has 0 radical (unpaired) electrons. The molecule has 0 spiro atoms. The third-order valence-corrected chi connectivity index (χ3v) is 6.75. The average molecular weight is 526 g/mol. The van der Waals surface area contributed by atoms with Crippen molar-refractivity contribution in [3.63, 3.8) is 0 Å². The number of allylic oxidation sites excluding steroid dienone is 1. The lowest BCUT2D eigenvalue weighted by atomic mass is 9.95. The number of phenolic OH excluding ortho intramolecular Hbond substituents is 1. The van der Waals surface area contributed by atoms with Crippen LogP contribution in [0.25, 0.3) is 6.08 Å². The van der Waals surface area contributed by atoms with Gasteiger partial charge in [-0.3, -0.25) is 19.5 Å². The molecule has 1 N–H and O–H groups in total. The minimum absolute atomic E-state index is 0.100. The van der Waals surface area contributed by atoms with Gasteiger partial charge in [0.2, 0.25) is 5.75 Å². The van der Waals surface area contributed by atoms with Gasteiger partial charge in [-0.2, -0.15) is 0 Å². The zero-order valence-electron chi connectivity index (χ0n) is 20.4. The number of aromatic hydroxyl groups is 1. The minimum atomic E-state index is -0.893. The molecule has 4 rings (SSSR count). The number of ether oxygens (including phenoxy) is 3. The number of nitro benzene ring substituents is 1. The van der Waals surface area contributed by atoms with Crippen LogP contribution in [0.3, 0.4) is 0 Å². The lowest BCUT2D eigenvalue weighted by molar-refractivity contribution is -0.385. The number of aromatic nitrogens is 1. The summed E-state index contributed by atoms with van der Waals surface area (Å²) in [5.41, 5.74) is 0.244. The highest BCUT2D eigenvalue weighted by atomic mass is 32.1. The second-order valence-corrected chi connectivity index (χ2v) is 8.90. The van der Waals surface area contributed by atoms with Crippen molar-refractivity contribution in [2.24, 2.45) is 4.99 Å². The second kappa shape index (κ2) is 10.3. The molecule has 192 valence electrons. The predicted octanol–water partition coefficient (Wildman–Crippen LogP) is 2.43. The zero-order chi connectivity index (χ0) is 26.9. The summed E-state index contributed by atoms with van der Waals surface area (Å²) in [6.07, 6.45) is 1.36. The summed E-state index contributed by atoms with van der Waals surface area (Å²) in [6.45, 7) is 3.47. The van der Waals surface area contributed by atoms with Crippen molar-refractivity contribution >= 4 is 29.1 Å². The fraction of sp³-hybridized carbons (Fsp3) is 0.240. The third kappa shape index (κ3) is 4.58. The number of nitrogens with zero attached hydrogens (tertiary/aromatic N) is 3. The van der Waals surface area contributed by atoms with Gasteiger partial charge >= 0.3 is 11.7 Å². The highest BCUT2D eigenvalue weighted by molar-refractivity contribution is 7.07. The van der Waals surface area contributed by atoms with Gasteiger partial charge in [-0.1, -0.05) is 29.5 Å². The van der Waals surface area contributed by atoms with Gasteiger partial charge in [-0.25, -0.2) is 9.79 Å². The first kappa shape index (κ1) is 25.6. The van der Waals surface area contributed by atoms with E-state index in [0.717, 1.165) is 11.3 Å². The molecule has 2 heterocycles. The van der Waals surface area contributed by atoms with E-state index in [9.17, 15) is 24.8 Å². The standard InChI is InChI=1S/C25H23N3O8S/c1-5-36-24(31)20-13(2)26-25-27(21(20)14-9-10-17(34-3)18(11-14)35-4)23(30)19(37-25)12-15-7-6-8-16(22(15)29)28(32)33/h6-12,21,29H,5H2,1-4H3/b19-12+/t21-/m0/s1. The summed E-state index contributed by atoms with van der Waals surface area (Å²) in [7, 11) is 2.98. The Bertz CT molecular complexity index is 1620. The van der Waals surface area contributed by atoms with Gasteiger partial charge in [0.15, 0.2) is 16.3 Å². The van der Waals surface area contributed by atoms with Gasteiger partial charge in [0.25, 0.3) is 5.56 Å². The van der Waals surface area contributed by atoms with Gasteiger partial charge in [-0.15, -0.1) is 0 Å². The molecule has 11 nitrogen and oxygen atoms in total. The maximum atomic E-state index is 13.7. The number of benzene rings is 2. The Morgan fingerprint density at radius 2 is 1.97 bits per heavy atom. The number of para-hydroxylation sites is 1. The van der Waals surface area contributed by atoms with E-state index in [-0.39, 0.29) is 22.3 Å². The first-order valence-corrected chi connectivity index (χ1v) is 11.9. The van der Waals surface area contributed by atoms with E-state index in [4.69, 9.17) is 14.2 Å². The number of esters is 1. The molecule has 1 aliphatic rings. The van der Waals surface area contributed by atoms with Gasteiger partial charge in [0.05, 0.1) is 47.6 Å². The molecule has 0 unspecified atom stereocenters. The Labute approximate surface area is 214 Å². The summed E-state index contributed by atoms with van der Waals surface area (Å²) in [5, 5.41) is 21.6. The Morgan fingerprint density at radius 3 is 2.62 bits per heavy atom. The molecule has 37 heavy (non-hydrogen) atoms. The zero-order valence-corrected chi connectivity index (χ0v) is 21.2. The fourth-order valence-electron chi connectivity index (χ4n) is 4.08. The quantitative estimate of drug-likeness (QED) is 0.282. The molecule has 0 amide bonds. The molecule has 0 saturated heterocycles. The minimum Gasteiger partial charge on any atom is -0.502 e. The molecule has 0 saturated carbocycles. The topological polar surface area (TPSA) is 142 Å². The van der Waals surface area contributed by atoms with Crippen molar-refractivity contribution in [3.05, 3.63) is 88.6 Å². The van der Waals surface area contributed by atoms with Crippen molar-refractivity contribution in [1.29, 1.82) is 0 Å². The summed E-state index contributed by atoms with van der Waals surface area (Å²) >= 11 is 1.03. The number of fused-ring (bicyclic) bond motifs is 1. The van der Waals surface area contributed by atoms with E-state index in [2.05, 4.69) is 4.99 Å². The molecule has 1 atom stereocenters. The third-order valence-electron chi connectivity index (χ3n) is 5.77. The Balaban J connectivity index is 1.99. The highest BCUT2D eigenvalue weighted by Crippen LogP contribution is 2.36. The SMILES string of the molecule is CCOC(=O)C1=C(C)N=c2s/c(=C/c3cccc([N+](=O)[O-])c3O)c(=O)n2[C@H]1c1ccc(OC)c(OC)c1. The van der Waals surface area contributed by atoms with Crippen LogP contribution in [-0.4, -0.2) is 41.4 Å². The maximum Gasteiger partial charge on any atom is 0.338 e. The molecular formula is C25H23N3O8S. The smallest absolute Gasteiger partial charge is 0.338 e. The molecule has 3 aromatic rings. The van der Waals surface area contributed by atoms with Gasteiger partial charge < -0.3 is 19.3 Å². The molecule has 0 bridgehead atoms. The van der Waals surface area contributed by atoms with Crippen LogP contribution in [0.15, 0.2) is 57.5 Å². The van der Waals surface area contributed by atoms with Crippen LogP contribution in [0.4, 0.5) is 5.69 Å². The van der Waals surface area contributed by atoms with E-state index >= 15 is 0 Å². The number of hydrogen-bond acceptors (Lipinski definition) is 10. The largest absolute Gasteiger partial charge is 0.502 e. The monoisotopic (exact) mass is 525 g/mol. The fourth-order valence-corrected chi connectivity index (χ4v) is 5.12. The van der Waals surface area contributed by atoms with Crippen LogP contribution in [-0.2, 0) is 9.53 Å². The van der Waals surface area contributed by atoms with Crippen molar-refractivity contribution in [2.75, 3.05) is 20.8 Å². The van der Waals surface area contributed by atoms with Gasteiger partial charge in [0, 0.05) is 11.6 Å². The lowest BCUT2D eigenvalue weighted by Gasteiger charge is -2.25. The van der Waals surface area contributed by atoms with Crippen LogP contribution in [0.1, 0.15) is 31.0 Å². The lowest BCUT2D eigenvalue weighted by Crippen LogP contribution is -2.40. The van der Waals surface area contributed by atoms with E-state index in [1.807, 2.05) is 0 Å². The molecular weight excluding hydrogens is 502 g/mol. The first-order chi connectivity index (χ1) is 17.7. The second-order valence-electron chi connectivity index (χ2n) is 7.89. The number of phenols is 1. The van der Waals surface area contributed by atoms with Crippen LogP contribution >= 0.6 is 11.3 Å². The molecule has 0 aliphatic carbocycles. The molecule has 0 fully saturated rings. The van der Waals surface area contributed by atoms with E-state index in [0.29, 0.717) is 27.6 Å². The normalized spacial score (nSPS) is 15.1. The van der Waals surface area contributed by atoms with Crippen LogP contribution in [0.5, 0.6) is 17.2 Å². The summed E-state index contributed by atoms with van der Waals surface area (Å²) in [4.78, 5) is 42.0. The number of rotatable bonds is 7. The average Bonchev–Trinajstić information content (AvgIpc) is 3.18. The van der Waals surface area contributed by atoms with Gasteiger partial charge in [0.1, 0.15) is 0 Å². The van der Waals surface area contributed by atoms with E-state index < -0.39 is 33.9 Å². The number of hydrogen-bond donors (Lipinski definition) is 1. The Morgan fingerprint density at radius 1 is 1.24 bits per heavy atom. The van der Waals surface area contributed by atoms with Gasteiger partial charge in [-0.05, 0) is 37.6 Å². The molecule has 1 aromatic heterocycles. The number of thiazole rings is 1. The highest BCUT2D eigenvalue weighted by Gasteiger charge is 2.34. The van der Waals surface area contributed by atoms with Crippen molar-refractivity contribution in [2.45, 2.75) is 19.9 Å². The van der Waals surface area contributed by atoms with Crippen molar-refractivity contribution in [3.8, 4) is 17.2 Å². The van der Waals surface area contributed by atoms with E-state index in [1.54, 1.807) is 32.0 Å². The van der Waals surface area contributed by atoms with Crippen molar-refractivity contribution in [1.82, 2.24) is 4.57 Å². The maximum absolute atomic E-state index is 13.7. The van der Waals surface area contributed by atoms with Crippen LogP contribution in [0, 0.1) is 10.1 Å².